The van der Waals surface area contributed by atoms with Crippen molar-refractivity contribution in [3.8, 4) is 0 Å². The second kappa shape index (κ2) is 8.18. The van der Waals surface area contributed by atoms with Crippen molar-refractivity contribution in [3.63, 3.8) is 0 Å². The Bertz CT molecular complexity index is 1160. The number of benzene rings is 3. The van der Waals surface area contributed by atoms with E-state index in [1.54, 1.807) is 6.21 Å². The summed E-state index contributed by atoms with van der Waals surface area (Å²) in [6.45, 7) is 8.97. The second-order valence-electron chi connectivity index (χ2n) is 9.35. The van der Waals surface area contributed by atoms with Crippen molar-refractivity contribution in [1.82, 2.24) is 5.43 Å². The van der Waals surface area contributed by atoms with Gasteiger partial charge in [-0.25, -0.2) is 5.43 Å². The molecule has 0 spiro atoms. The van der Waals surface area contributed by atoms with Gasteiger partial charge < -0.3 is 4.90 Å². The normalized spacial score (nSPS) is 17.7. The Kier molecular flexibility index (Phi) is 5.57. The van der Waals surface area contributed by atoms with Crippen molar-refractivity contribution < 1.29 is 4.79 Å². The smallest absolute Gasteiger partial charge is 0.244 e. The number of hydrogen-bond acceptors (Lipinski definition) is 3. The maximum Gasteiger partial charge on any atom is 0.244 e. The molecule has 0 saturated heterocycles. The summed E-state index contributed by atoms with van der Waals surface area (Å²) in [6.07, 6.45) is 3.18. The highest BCUT2D eigenvalue weighted by atomic mass is 16.2. The monoisotopic (exact) mass is 413 g/mol. The van der Waals surface area contributed by atoms with E-state index in [2.05, 4.69) is 80.5 Å². The Morgan fingerprint density at radius 1 is 1.19 bits per heavy atom. The fraction of sp³-hybridized carbons (Fsp3) is 0.333. The standard InChI is InChI=1S/C27H31N3O/c1-18-13-25-24(19(2)16-27(3,4)30(25)5)14-22(18)17-28-29-26(31)15-21-11-8-10-20-9-6-7-12-23(20)21/h6-14,17,19H,15-16H2,1-5H3,(H,29,31)/b28-17-/t19-/m0/s1. The molecule has 4 heteroatoms. The third-order valence-corrected chi connectivity index (χ3v) is 6.65. The van der Waals surface area contributed by atoms with Gasteiger partial charge in [-0.1, -0.05) is 49.4 Å². The van der Waals surface area contributed by atoms with Crippen LogP contribution in [-0.2, 0) is 11.2 Å². The number of amides is 1. The molecule has 1 atom stereocenters. The molecule has 4 rings (SSSR count). The lowest BCUT2D eigenvalue weighted by molar-refractivity contribution is -0.120. The van der Waals surface area contributed by atoms with Gasteiger partial charge in [-0.2, -0.15) is 5.10 Å². The van der Waals surface area contributed by atoms with Crippen molar-refractivity contribution in [1.29, 1.82) is 0 Å². The molecular formula is C27H31N3O. The highest BCUT2D eigenvalue weighted by Gasteiger charge is 2.34. The summed E-state index contributed by atoms with van der Waals surface area (Å²) < 4.78 is 0. The third kappa shape index (κ3) is 4.20. The Labute approximate surface area is 185 Å². The number of anilines is 1. The van der Waals surface area contributed by atoms with E-state index >= 15 is 0 Å². The molecule has 0 aliphatic carbocycles. The molecule has 0 radical (unpaired) electrons. The molecule has 1 amide bonds. The zero-order chi connectivity index (χ0) is 22.2. The number of fused-ring (bicyclic) bond motifs is 2. The topological polar surface area (TPSA) is 44.7 Å². The minimum atomic E-state index is -0.113. The van der Waals surface area contributed by atoms with E-state index in [0.29, 0.717) is 12.3 Å². The Hall–Kier alpha value is -3.14. The highest BCUT2D eigenvalue weighted by molar-refractivity contribution is 5.91. The minimum absolute atomic E-state index is 0.113. The lowest BCUT2D eigenvalue weighted by atomic mass is 9.79. The maximum absolute atomic E-state index is 12.5. The Balaban J connectivity index is 1.49. The number of nitrogens with one attached hydrogen (secondary N) is 1. The van der Waals surface area contributed by atoms with Crippen LogP contribution in [0.25, 0.3) is 10.8 Å². The number of rotatable bonds is 4. The molecule has 0 bridgehead atoms. The van der Waals surface area contributed by atoms with Gasteiger partial charge in [0.1, 0.15) is 0 Å². The van der Waals surface area contributed by atoms with Gasteiger partial charge in [0.25, 0.3) is 0 Å². The minimum Gasteiger partial charge on any atom is -0.369 e. The summed E-state index contributed by atoms with van der Waals surface area (Å²) in [5, 5.41) is 6.51. The molecule has 160 valence electrons. The number of hydrazone groups is 1. The zero-order valence-corrected chi connectivity index (χ0v) is 19.1. The maximum atomic E-state index is 12.5. The molecule has 3 aromatic rings. The number of hydrogen-bond donors (Lipinski definition) is 1. The largest absolute Gasteiger partial charge is 0.369 e. The SMILES string of the molecule is Cc1cc2c(cc1/C=N\NC(=O)Cc1cccc3ccccc13)[C@@H](C)CC(C)(C)N2C. The molecule has 4 nitrogen and oxygen atoms in total. The molecule has 1 aliphatic heterocycles. The Morgan fingerprint density at radius 3 is 2.74 bits per heavy atom. The van der Waals surface area contributed by atoms with Crippen LogP contribution in [0.4, 0.5) is 5.69 Å². The van der Waals surface area contributed by atoms with Crippen LogP contribution in [0.15, 0.2) is 59.7 Å². The van der Waals surface area contributed by atoms with Crippen LogP contribution in [0, 0.1) is 6.92 Å². The summed E-state index contributed by atoms with van der Waals surface area (Å²) in [4.78, 5) is 14.9. The molecule has 1 aliphatic rings. The van der Waals surface area contributed by atoms with Crippen LogP contribution in [0.5, 0.6) is 0 Å². The van der Waals surface area contributed by atoms with Gasteiger partial charge in [-0.3, -0.25) is 4.79 Å². The van der Waals surface area contributed by atoms with Crippen molar-refractivity contribution in [3.05, 3.63) is 76.9 Å². The Morgan fingerprint density at radius 2 is 1.94 bits per heavy atom. The second-order valence-corrected chi connectivity index (χ2v) is 9.35. The fourth-order valence-corrected chi connectivity index (χ4v) is 4.71. The summed E-state index contributed by atoms with van der Waals surface area (Å²) in [5.74, 6) is 0.368. The van der Waals surface area contributed by atoms with E-state index in [9.17, 15) is 4.79 Å². The van der Waals surface area contributed by atoms with Gasteiger partial charge in [0.2, 0.25) is 5.91 Å². The van der Waals surface area contributed by atoms with Gasteiger partial charge in [-0.05, 0) is 78.3 Å². The van der Waals surface area contributed by atoms with Crippen molar-refractivity contribution in [2.24, 2.45) is 5.10 Å². The van der Waals surface area contributed by atoms with Crippen LogP contribution in [0.1, 0.15) is 55.4 Å². The first-order chi connectivity index (χ1) is 14.8. The molecule has 0 unspecified atom stereocenters. The summed E-state index contributed by atoms with van der Waals surface area (Å²) in [6, 6.07) is 18.6. The van der Waals surface area contributed by atoms with Crippen LogP contribution < -0.4 is 10.3 Å². The van der Waals surface area contributed by atoms with Gasteiger partial charge in [0.15, 0.2) is 0 Å². The summed E-state index contributed by atoms with van der Waals surface area (Å²) in [7, 11) is 2.17. The lowest BCUT2D eigenvalue weighted by Gasteiger charge is -2.45. The molecule has 3 aromatic carbocycles. The summed E-state index contributed by atoms with van der Waals surface area (Å²) >= 11 is 0. The number of carbonyl (C=O) groups is 1. The van der Waals surface area contributed by atoms with E-state index in [1.165, 1.54) is 11.3 Å². The van der Waals surface area contributed by atoms with Crippen LogP contribution in [-0.4, -0.2) is 24.7 Å². The molecule has 31 heavy (non-hydrogen) atoms. The van der Waals surface area contributed by atoms with E-state index in [-0.39, 0.29) is 11.4 Å². The number of nitrogens with zero attached hydrogens (tertiary/aromatic N) is 2. The van der Waals surface area contributed by atoms with Crippen molar-refractivity contribution >= 4 is 28.6 Å². The highest BCUT2D eigenvalue weighted by Crippen LogP contribution is 2.43. The molecular weight excluding hydrogens is 382 g/mol. The number of carbonyl (C=O) groups excluding carboxylic acids is 1. The predicted octanol–water partition coefficient (Wildman–Crippen LogP) is 5.56. The van der Waals surface area contributed by atoms with Gasteiger partial charge in [0, 0.05) is 18.3 Å². The average Bonchev–Trinajstić information content (AvgIpc) is 2.73. The van der Waals surface area contributed by atoms with E-state index in [4.69, 9.17) is 0 Å². The van der Waals surface area contributed by atoms with Crippen LogP contribution >= 0.6 is 0 Å². The predicted molar refractivity (Wildman–Crippen MR) is 130 cm³/mol. The molecule has 1 N–H and O–H groups in total. The molecule has 1 heterocycles. The average molecular weight is 414 g/mol. The quantitative estimate of drug-likeness (QED) is 0.449. The first-order valence-corrected chi connectivity index (χ1v) is 10.9. The molecule has 0 saturated carbocycles. The molecule has 0 fully saturated rings. The first-order valence-electron chi connectivity index (χ1n) is 10.9. The van der Waals surface area contributed by atoms with E-state index < -0.39 is 0 Å². The lowest BCUT2D eigenvalue weighted by Crippen LogP contribution is -2.45. The van der Waals surface area contributed by atoms with Gasteiger partial charge in [-0.15, -0.1) is 0 Å². The number of aryl methyl sites for hydroxylation is 1. The van der Waals surface area contributed by atoms with Crippen molar-refractivity contribution in [2.45, 2.75) is 52.0 Å². The third-order valence-electron chi connectivity index (χ3n) is 6.65. The van der Waals surface area contributed by atoms with E-state index in [0.717, 1.165) is 33.9 Å². The van der Waals surface area contributed by atoms with Crippen LogP contribution in [0.2, 0.25) is 0 Å². The van der Waals surface area contributed by atoms with Gasteiger partial charge >= 0.3 is 0 Å². The van der Waals surface area contributed by atoms with Gasteiger partial charge in [0.05, 0.1) is 12.6 Å². The van der Waals surface area contributed by atoms with Crippen molar-refractivity contribution in [2.75, 3.05) is 11.9 Å². The zero-order valence-electron chi connectivity index (χ0n) is 19.1. The van der Waals surface area contributed by atoms with Crippen LogP contribution in [0.3, 0.4) is 0 Å². The summed E-state index contributed by atoms with van der Waals surface area (Å²) in [5.41, 5.74) is 8.69. The van der Waals surface area contributed by atoms with E-state index in [1.807, 2.05) is 24.3 Å². The first kappa shape index (κ1) is 21.1. The molecule has 0 aromatic heterocycles. The fourth-order valence-electron chi connectivity index (χ4n) is 4.71.